The van der Waals surface area contributed by atoms with Gasteiger partial charge >= 0.3 is 5.97 Å². The summed E-state index contributed by atoms with van der Waals surface area (Å²) >= 11 is 0. The van der Waals surface area contributed by atoms with Gasteiger partial charge in [-0.05, 0) is 18.1 Å². The summed E-state index contributed by atoms with van der Waals surface area (Å²) in [4.78, 5) is 27.9. The number of ether oxygens (including phenoxy) is 1. The highest BCUT2D eigenvalue weighted by atomic mass is 17.1. The fourth-order valence-electron chi connectivity index (χ4n) is 3.49. The average Bonchev–Trinajstić information content (AvgIpc) is 3.07. The van der Waals surface area contributed by atoms with Crippen molar-refractivity contribution in [2.45, 2.75) is 37.9 Å². The van der Waals surface area contributed by atoms with E-state index >= 15 is 0 Å². The minimum atomic E-state index is -0.420. The third-order valence-electron chi connectivity index (χ3n) is 4.69. The number of fused-ring (bicyclic) bond motifs is 1. The fourth-order valence-corrected chi connectivity index (χ4v) is 3.49. The summed E-state index contributed by atoms with van der Waals surface area (Å²) in [6.45, 7) is 0. The topological polar surface area (TPSA) is 72.8 Å². The Kier molecular flexibility index (Phi) is 4.88. The molecule has 1 aromatic rings. The Balaban J connectivity index is 1.57. The molecular weight excluding hydrogens is 296 g/mol. The lowest BCUT2D eigenvalue weighted by Gasteiger charge is -2.15. The van der Waals surface area contributed by atoms with Gasteiger partial charge in [0.15, 0.2) is 5.78 Å². The molecule has 1 saturated carbocycles. The second-order valence-corrected chi connectivity index (χ2v) is 6.16. The number of benzene rings is 1. The Morgan fingerprint density at radius 1 is 1.35 bits per heavy atom. The van der Waals surface area contributed by atoms with E-state index in [1.165, 1.54) is 0 Å². The van der Waals surface area contributed by atoms with Crippen molar-refractivity contribution in [2.75, 3.05) is 0 Å². The Morgan fingerprint density at radius 3 is 2.87 bits per heavy atom. The molecule has 1 N–H and O–H groups in total. The molecule has 3 rings (SSSR count). The van der Waals surface area contributed by atoms with Crippen LogP contribution in [0.1, 0.15) is 24.8 Å². The van der Waals surface area contributed by atoms with E-state index in [1.54, 1.807) is 12.2 Å². The molecule has 0 aromatic heterocycles. The quantitative estimate of drug-likeness (QED) is 0.378. The summed E-state index contributed by atoms with van der Waals surface area (Å²) in [6.07, 6.45) is 4.60. The third-order valence-corrected chi connectivity index (χ3v) is 4.69. The molecule has 1 aromatic carbocycles. The molecule has 0 amide bonds. The van der Waals surface area contributed by atoms with Crippen LogP contribution < -0.4 is 0 Å². The zero-order valence-corrected chi connectivity index (χ0v) is 12.8. The van der Waals surface area contributed by atoms with Gasteiger partial charge < -0.3 is 4.74 Å². The lowest BCUT2D eigenvalue weighted by atomic mass is 9.91. The largest absolute Gasteiger partial charge is 0.462 e. The van der Waals surface area contributed by atoms with Crippen molar-refractivity contribution in [3.8, 4) is 0 Å². The minimum Gasteiger partial charge on any atom is -0.462 e. The first-order valence-corrected chi connectivity index (χ1v) is 7.92. The molecule has 5 nitrogen and oxygen atoms in total. The summed E-state index contributed by atoms with van der Waals surface area (Å²) in [5, 5.41) is 9.02. The van der Waals surface area contributed by atoms with Gasteiger partial charge in [0.25, 0.3) is 0 Å². The van der Waals surface area contributed by atoms with Gasteiger partial charge in [-0.3, -0.25) is 14.8 Å². The summed E-state index contributed by atoms with van der Waals surface area (Å²) in [6, 6.07) is 9.84. The summed E-state index contributed by atoms with van der Waals surface area (Å²) in [5.74, 6) is -0.376. The number of esters is 1. The fraction of sp³-hybridized carbons (Fsp3) is 0.444. The Morgan fingerprint density at radius 2 is 2.13 bits per heavy atom. The molecule has 0 unspecified atom stereocenters. The number of aryl methyl sites for hydroxylation is 1. The second-order valence-electron chi connectivity index (χ2n) is 6.16. The molecule has 0 bridgehead atoms. The van der Waals surface area contributed by atoms with Gasteiger partial charge in [-0.15, -0.1) is 0 Å². The lowest BCUT2D eigenvalue weighted by molar-refractivity contribution is -0.284. The average molecular weight is 316 g/mol. The highest BCUT2D eigenvalue weighted by molar-refractivity contribution is 5.89. The van der Waals surface area contributed by atoms with Crippen molar-refractivity contribution in [3.63, 3.8) is 0 Å². The molecule has 0 radical (unpaired) electrons. The Labute approximate surface area is 134 Å². The van der Waals surface area contributed by atoms with E-state index < -0.39 is 6.10 Å². The number of carbonyl (C=O) groups is 2. The first kappa shape index (κ1) is 15.9. The molecular formula is C18H20O5. The molecule has 1 heterocycles. The van der Waals surface area contributed by atoms with Crippen LogP contribution >= 0.6 is 0 Å². The third kappa shape index (κ3) is 3.68. The molecule has 122 valence electrons. The van der Waals surface area contributed by atoms with Crippen molar-refractivity contribution in [2.24, 2.45) is 11.8 Å². The number of rotatable bonds is 6. The predicted octanol–water partition coefficient (Wildman–Crippen LogP) is 2.55. The van der Waals surface area contributed by atoms with Crippen LogP contribution in [0.2, 0.25) is 0 Å². The SMILES string of the molecule is O=C(/C=C/[C@@H]1[C@H]2CC(=O)O[C@H]2C[C@H]1OO)CCc1ccccc1. The van der Waals surface area contributed by atoms with Crippen LogP contribution in [0.4, 0.5) is 0 Å². The molecule has 2 fully saturated rings. The van der Waals surface area contributed by atoms with Crippen molar-refractivity contribution in [3.05, 3.63) is 48.0 Å². The summed E-state index contributed by atoms with van der Waals surface area (Å²) in [7, 11) is 0. The summed E-state index contributed by atoms with van der Waals surface area (Å²) < 4.78 is 5.21. The molecule has 2 aliphatic rings. The van der Waals surface area contributed by atoms with Crippen molar-refractivity contribution in [1.29, 1.82) is 0 Å². The normalized spacial score (nSPS) is 29.7. The number of ketones is 1. The minimum absolute atomic E-state index is 0.0159. The monoisotopic (exact) mass is 316 g/mol. The van der Waals surface area contributed by atoms with Crippen molar-refractivity contribution < 1.29 is 24.5 Å². The molecule has 1 aliphatic carbocycles. The van der Waals surface area contributed by atoms with Gasteiger partial charge in [0.2, 0.25) is 0 Å². The predicted molar refractivity (Wildman–Crippen MR) is 82.5 cm³/mol. The maximum absolute atomic E-state index is 12.0. The van der Waals surface area contributed by atoms with E-state index in [2.05, 4.69) is 4.89 Å². The number of allylic oxidation sites excluding steroid dienone is 1. The molecule has 1 saturated heterocycles. The molecule has 4 atom stereocenters. The van der Waals surface area contributed by atoms with Crippen LogP contribution in [0.3, 0.4) is 0 Å². The van der Waals surface area contributed by atoms with Crippen LogP contribution in [-0.2, 0) is 25.6 Å². The molecule has 1 aliphatic heterocycles. The van der Waals surface area contributed by atoms with E-state index in [1.807, 2.05) is 30.3 Å². The van der Waals surface area contributed by atoms with Gasteiger partial charge in [0.1, 0.15) is 12.2 Å². The highest BCUT2D eigenvalue weighted by Crippen LogP contribution is 2.43. The number of hydrogen-bond acceptors (Lipinski definition) is 5. The zero-order chi connectivity index (χ0) is 16.2. The van der Waals surface area contributed by atoms with Gasteiger partial charge in [-0.1, -0.05) is 36.4 Å². The van der Waals surface area contributed by atoms with Gasteiger partial charge in [0.05, 0.1) is 6.42 Å². The van der Waals surface area contributed by atoms with Crippen LogP contribution in [-0.4, -0.2) is 29.2 Å². The summed E-state index contributed by atoms with van der Waals surface area (Å²) in [5.41, 5.74) is 1.13. The first-order valence-electron chi connectivity index (χ1n) is 7.92. The number of carbonyl (C=O) groups excluding carboxylic acids is 2. The van der Waals surface area contributed by atoms with Crippen molar-refractivity contribution >= 4 is 11.8 Å². The van der Waals surface area contributed by atoms with Gasteiger partial charge in [-0.2, -0.15) is 0 Å². The van der Waals surface area contributed by atoms with Gasteiger partial charge in [-0.25, -0.2) is 4.89 Å². The zero-order valence-electron chi connectivity index (χ0n) is 12.8. The van der Waals surface area contributed by atoms with Crippen molar-refractivity contribution in [1.82, 2.24) is 0 Å². The Hall–Kier alpha value is -1.98. The second kappa shape index (κ2) is 7.06. The van der Waals surface area contributed by atoms with E-state index in [0.717, 1.165) is 5.56 Å². The smallest absolute Gasteiger partial charge is 0.306 e. The molecule has 23 heavy (non-hydrogen) atoms. The van der Waals surface area contributed by atoms with Gasteiger partial charge in [0, 0.05) is 24.7 Å². The van der Waals surface area contributed by atoms with Crippen LogP contribution in [0.25, 0.3) is 0 Å². The maximum Gasteiger partial charge on any atom is 0.306 e. The standard InChI is InChI=1S/C18H20O5/c19-13(7-6-12-4-2-1-3-5-12)8-9-14-15-10-18(20)22-16(15)11-17(14)23-21/h1-5,8-9,14-17,21H,6-7,10-11H2/b9-8+/t14-,15-,16+,17-/m1/s1. The molecule has 5 heteroatoms. The highest BCUT2D eigenvalue weighted by Gasteiger charge is 2.50. The Bertz CT molecular complexity index is 595. The van der Waals surface area contributed by atoms with E-state index in [-0.39, 0.29) is 29.7 Å². The van der Waals surface area contributed by atoms with E-state index in [9.17, 15) is 9.59 Å². The van der Waals surface area contributed by atoms with Crippen LogP contribution in [0, 0.1) is 11.8 Å². The number of hydrogen-bond donors (Lipinski definition) is 1. The lowest BCUT2D eigenvalue weighted by Crippen LogP contribution is -2.20. The van der Waals surface area contributed by atoms with Crippen LogP contribution in [0.5, 0.6) is 0 Å². The first-order chi connectivity index (χ1) is 11.2. The van der Waals surface area contributed by atoms with E-state index in [0.29, 0.717) is 25.7 Å². The molecule has 0 spiro atoms. The maximum atomic E-state index is 12.0. The van der Waals surface area contributed by atoms with Crippen LogP contribution in [0.15, 0.2) is 42.5 Å². The van der Waals surface area contributed by atoms with E-state index in [4.69, 9.17) is 9.99 Å².